The summed E-state index contributed by atoms with van der Waals surface area (Å²) in [4.78, 5) is 2.52. The summed E-state index contributed by atoms with van der Waals surface area (Å²) in [5.41, 5.74) is 2.73. The largest absolute Gasteiger partial charge is 0.371 e. The van der Waals surface area contributed by atoms with Crippen molar-refractivity contribution in [3.63, 3.8) is 0 Å². The number of nitrogens with one attached hydrogen (secondary N) is 1. The summed E-state index contributed by atoms with van der Waals surface area (Å²) in [5, 5.41) is 3.14. The second-order valence-corrected chi connectivity index (χ2v) is 4.57. The van der Waals surface area contributed by atoms with Crippen LogP contribution in [-0.2, 0) is 0 Å². The average molecular weight is 230 g/mol. The van der Waals surface area contributed by atoms with E-state index in [1.165, 1.54) is 43.6 Å². The number of likely N-dealkylation sites (N-methyl/N-ethyl adjacent to an activating group) is 1. The number of para-hydroxylation sites is 1. The molecule has 0 radical (unpaired) electrons. The van der Waals surface area contributed by atoms with Crippen LogP contribution in [0.2, 0.25) is 0 Å². The third-order valence-corrected chi connectivity index (χ3v) is 3.25. The van der Waals surface area contributed by atoms with Crippen molar-refractivity contribution in [2.45, 2.75) is 19.3 Å². The van der Waals surface area contributed by atoms with Gasteiger partial charge in [0.15, 0.2) is 0 Å². The fourth-order valence-electron chi connectivity index (χ4n) is 2.36. The monoisotopic (exact) mass is 230 g/mol. The molecule has 0 saturated carbocycles. The summed E-state index contributed by atoms with van der Waals surface area (Å²) < 4.78 is 0. The minimum atomic E-state index is 0.925. The Morgan fingerprint density at radius 2 is 1.94 bits per heavy atom. The molecule has 1 aliphatic rings. The van der Waals surface area contributed by atoms with E-state index in [9.17, 15) is 0 Å². The van der Waals surface area contributed by atoms with E-state index in [-0.39, 0.29) is 0 Å². The van der Waals surface area contributed by atoms with Crippen molar-refractivity contribution in [1.29, 1.82) is 0 Å². The number of rotatable bonds is 4. The van der Waals surface area contributed by atoms with Gasteiger partial charge in [0.25, 0.3) is 0 Å². The normalized spacial score (nSPS) is 16.6. The molecule has 1 heterocycles. The second-order valence-electron chi connectivity index (χ2n) is 4.57. The molecule has 1 fully saturated rings. The number of piperidine rings is 1. The summed E-state index contributed by atoms with van der Waals surface area (Å²) in [6, 6.07) is 8.70. The molecule has 92 valence electrons. The number of hydrogen-bond donors (Lipinski definition) is 1. The van der Waals surface area contributed by atoms with Crippen molar-refractivity contribution in [3.05, 3.63) is 35.9 Å². The van der Waals surface area contributed by atoms with Gasteiger partial charge in [0, 0.05) is 25.3 Å². The molecule has 0 bridgehead atoms. The maximum atomic E-state index is 3.14. The Bertz CT molecular complexity index is 365. The van der Waals surface area contributed by atoms with Gasteiger partial charge >= 0.3 is 0 Å². The molecule has 1 saturated heterocycles. The maximum absolute atomic E-state index is 3.14. The lowest BCUT2D eigenvalue weighted by Crippen LogP contribution is -2.29. The zero-order chi connectivity index (χ0) is 11.9. The van der Waals surface area contributed by atoms with Crippen molar-refractivity contribution >= 4 is 11.8 Å². The maximum Gasteiger partial charge on any atom is 0.0439 e. The second kappa shape index (κ2) is 6.45. The van der Waals surface area contributed by atoms with E-state index in [1.807, 2.05) is 7.05 Å². The molecule has 1 aromatic carbocycles. The Morgan fingerprint density at radius 1 is 1.18 bits per heavy atom. The molecular formula is C15H22N2. The van der Waals surface area contributed by atoms with Crippen LogP contribution < -0.4 is 10.2 Å². The van der Waals surface area contributed by atoms with E-state index in [0.717, 1.165) is 6.54 Å². The number of hydrogen-bond acceptors (Lipinski definition) is 2. The standard InChI is InChI=1S/C15H22N2/c1-16-11-7-9-14-8-3-4-10-15(14)17-12-5-2-6-13-17/h3-4,7-10,16H,2,5-6,11-13H2,1H3. The molecular weight excluding hydrogens is 208 g/mol. The number of benzene rings is 1. The summed E-state index contributed by atoms with van der Waals surface area (Å²) in [7, 11) is 1.97. The van der Waals surface area contributed by atoms with E-state index in [2.05, 4.69) is 46.6 Å². The van der Waals surface area contributed by atoms with Crippen LogP contribution >= 0.6 is 0 Å². The zero-order valence-corrected chi connectivity index (χ0v) is 10.7. The van der Waals surface area contributed by atoms with Gasteiger partial charge in [-0.05, 0) is 37.9 Å². The Kier molecular flexibility index (Phi) is 4.63. The van der Waals surface area contributed by atoms with Crippen molar-refractivity contribution in [3.8, 4) is 0 Å². The molecule has 1 N–H and O–H groups in total. The van der Waals surface area contributed by atoms with Crippen molar-refractivity contribution in [1.82, 2.24) is 5.32 Å². The fourth-order valence-corrected chi connectivity index (χ4v) is 2.36. The van der Waals surface area contributed by atoms with Crippen LogP contribution in [-0.4, -0.2) is 26.7 Å². The molecule has 0 spiro atoms. The first-order chi connectivity index (χ1) is 8.42. The first kappa shape index (κ1) is 12.2. The Morgan fingerprint density at radius 3 is 2.71 bits per heavy atom. The molecule has 1 aromatic rings. The van der Waals surface area contributed by atoms with Gasteiger partial charge in [-0.25, -0.2) is 0 Å². The molecule has 17 heavy (non-hydrogen) atoms. The van der Waals surface area contributed by atoms with Crippen molar-refractivity contribution in [2.24, 2.45) is 0 Å². The third-order valence-electron chi connectivity index (χ3n) is 3.25. The predicted octanol–water partition coefficient (Wildman–Crippen LogP) is 2.91. The van der Waals surface area contributed by atoms with Gasteiger partial charge in [-0.15, -0.1) is 0 Å². The van der Waals surface area contributed by atoms with Gasteiger partial charge in [0.2, 0.25) is 0 Å². The highest BCUT2D eigenvalue weighted by Crippen LogP contribution is 2.24. The Labute approximate surface area is 104 Å². The SMILES string of the molecule is CNCC=Cc1ccccc1N1CCCCC1. The van der Waals surface area contributed by atoms with Gasteiger partial charge in [0.1, 0.15) is 0 Å². The van der Waals surface area contributed by atoms with E-state index in [4.69, 9.17) is 0 Å². The topological polar surface area (TPSA) is 15.3 Å². The first-order valence-corrected chi connectivity index (χ1v) is 6.57. The Hall–Kier alpha value is -1.28. The van der Waals surface area contributed by atoms with Crippen LogP contribution in [0.15, 0.2) is 30.3 Å². The zero-order valence-electron chi connectivity index (χ0n) is 10.7. The van der Waals surface area contributed by atoms with Gasteiger partial charge in [-0.2, -0.15) is 0 Å². The molecule has 0 aromatic heterocycles. The summed E-state index contributed by atoms with van der Waals surface area (Å²) in [6.45, 7) is 3.34. The summed E-state index contributed by atoms with van der Waals surface area (Å²) in [5.74, 6) is 0. The van der Waals surface area contributed by atoms with E-state index in [0.29, 0.717) is 0 Å². The van der Waals surface area contributed by atoms with Crippen LogP contribution in [0.1, 0.15) is 24.8 Å². The predicted molar refractivity (Wildman–Crippen MR) is 75.5 cm³/mol. The molecule has 1 aliphatic heterocycles. The fraction of sp³-hybridized carbons (Fsp3) is 0.467. The molecule has 0 atom stereocenters. The Balaban J connectivity index is 2.14. The van der Waals surface area contributed by atoms with E-state index in [1.54, 1.807) is 0 Å². The molecule has 2 rings (SSSR count). The number of anilines is 1. The van der Waals surface area contributed by atoms with Crippen LogP contribution in [0, 0.1) is 0 Å². The molecule has 0 aliphatic carbocycles. The summed E-state index contributed by atoms with van der Waals surface area (Å²) >= 11 is 0. The summed E-state index contributed by atoms with van der Waals surface area (Å²) in [6.07, 6.45) is 8.45. The van der Waals surface area contributed by atoms with Crippen molar-refractivity contribution < 1.29 is 0 Å². The van der Waals surface area contributed by atoms with Crippen LogP contribution in [0.5, 0.6) is 0 Å². The smallest absolute Gasteiger partial charge is 0.0439 e. The number of nitrogens with zero attached hydrogens (tertiary/aromatic N) is 1. The lowest BCUT2D eigenvalue weighted by Gasteiger charge is -2.30. The lowest BCUT2D eigenvalue weighted by atomic mass is 10.1. The van der Waals surface area contributed by atoms with Crippen LogP contribution in [0.4, 0.5) is 5.69 Å². The highest BCUT2D eigenvalue weighted by Gasteiger charge is 2.12. The van der Waals surface area contributed by atoms with Gasteiger partial charge < -0.3 is 10.2 Å². The quantitative estimate of drug-likeness (QED) is 0.855. The van der Waals surface area contributed by atoms with Gasteiger partial charge in [-0.1, -0.05) is 30.4 Å². The van der Waals surface area contributed by atoms with E-state index < -0.39 is 0 Å². The average Bonchev–Trinajstić information content (AvgIpc) is 2.41. The van der Waals surface area contributed by atoms with Crippen LogP contribution in [0.25, 0.3) is 6.08 Å². The highest BCUT2D eigenvalue weighted by atomic mass is 15.1. The molecule has 0 unspecified atom stereocenters. The minimum absolute atomic E-state index is 0.925. The van der Waals surface area contributed by atoms with Gasteiger partial charge in [-0.3, -0.25) is 0 Å². The first-order valence-electron chi connectivity index (χ1n) is 6.57. The molecule has 0 amide bonds. The van der Waals surface area contributed by atoms with Crippen molar-refractivity contribution in [2.75, 3.05) is 31.6 Å². The minimum Gasteiger partial charge on any atom is -0.371 e. The third kappa shape index (κ3) is 3.34. The highest BCUT2D eigenvalue weighted by molar-refractivity contribution is 5.67. The lowest BCUT2D eigenvalue weighted by molar-refractivity contribution is 0.577. The van der Waals surface area contributed by atoms with Crippen LogP contribution in [0.3, 0.4) is 0 Å². The molecule has 2 nitrogen and oxygen atoms in total. The molecule has 2 heteroatoms. The van der Waals surface area contributed by atoms with Gasteiger partial charge in [0.05, 0.1) is 0 Å². The van der Waals surface area contributed by atoms with E-state index >= 15 is 0 Å².